The SMILES string of the molecule is C[C@@H]1C[C@H](N)CN(c2ccc(F)cc2NC(=O)c2ccc(F)c(-c3c(F)cccc3F)c2F)C1. The Kier molecular flexibility index (Phi) is 6.56. The number of carbonyl (C=O) groups excluding carboxylic acids is 1. The number of halogens is 5. The lowest BCUT2D eigenvalue weighted by molar-refractivity contribution is 0.102. The lowest BCUT2D eigenvalue weighted by atomic mass is 9.96. The summed E-state index contributed by atoms with van der Waals surface area (Å²) < 4.78 is 72.1. The third kappa shape index (κ3) is 4.61. The summed E-state index contributed by atoms with van der Waals surface area (Å²) in [6.07, 6.45) is 0.815. The molecule has 1 saturated heterocycles. The Labute approximate surface area is 193 Å². The van der Waals surface area contributed by atoms with E-state index in [4.69, 9.17) is 5.73 Å². The van der Waals surface area contributed by atoms with E-state index in [0.717, 1.165) is 42.8 Å². The Balaban J connectivity index is 1.72. The highest BCUT2D eigenvalue weighted by molar-refractivity contribution is 6.07. The molecule has 1 aliphatic heterocycles. The van der Waals surface area contributed by atoms with Crippen LogP contribution in [0.3, 0.4) is 0 Å². The number of piperidine rings is 1. The third-order valence-electron chi connectivity index (χ3n) is 5.79. The molecule has 34 heavy (non-hydrogen) atoms. The van der Waals surface area contributed by atoms with Crippen molar-refractivity contribution in [2.75, 3.05) is 23.3 Å². The van der Waals surface area contributed by atoms with Crippen LogP contribution >= 0.6 is 0 Å². The fourth-order valence-electron chi connectivity index (χ4n) is 4.36. The molecular formula is C25H22F5N3O. The predicted octanol–water partition coefficient (Wildman–Crippen LogP) is 5.47. The normalized spacial score (nSPS) is 18.1. The molecule has 1 aliphatic rings. The van der Waals surface area contributed by atoms with Gasteiger partial charge in [-0.1, -0.05) is 13.0 Å². The Hall–Kier alpha value is -3.46. The number of nitrogens with one attached hydrogen (secondary N) is 1. The number of nitrogens with zero attached hydrogens (tertiary/aromatic N) is 1. The standard InChI is InChI=1S/C25H22F5N3O/c1-13-9-15(31)12-33(11-13)21-8-5-14(26)10-20(21)32-25(34)16-6-7-19(29)23(24(16)30)22-17(27)3-2-4-18(22)28/h2-8,10,13,15H,9,11-12,31H2,1H3,(H,32,34)/t13-,15+/m1/s1. The van der Waals surface area contributed by atoms with Gasteiger partial charge in [0.1, 0.15) is 29.1 Å². The number of hydrogen-bond acceptors (Lipinski definition) is 3. The number of amides is 1. The zero-order valence-electron chi connectivity index (χ0n) is 18.2. The minimum atomic E-state index is -1.44. The molecule has 1 fully saturated rings. The largest absolute Gasteiger partial charge is 0.368 e. The lowest BCUT2D eigenvalue weighted by Gasteiger charge is -2.37. The summed E-state index contributed by atoms with van der Waals surface area (Å²) in [4.78, 5) is 14.8. The number of hydrogen-bond donors (Lipinski definition) is 2. The van der Waals surface area contributed by atoms with Crippen LogP contribution in [0.2, 0.25) is 0 Å². The van der Waals surface area contributed by atoms with Crippen molar-refractivity contribution in [3.05, 3.63) is 83.2 Å². The molecule has 0 spiro atoms. The molecule has 2 atom stereocenters. The van der Waals surface area contributed by atoms with Crippen molar-refractivity contribution >= 4 is 17.3 Å². The highest BCUT2D eigenvalue weighted by Gasteiger charge is 2.27. The maximum atomic E-state index is 15.2. The smallest absolute Gasteiger partial charge is 0.258 e. The zero-order chi connectivity index (χ0) is 24.6. The summed E-state index contributed by atoms with van der Waals surface area (Å²) in [6, 6.07) is 8.04. The summed E-state index contributed by atoms with van der Waals surface area (Å²) in [5, 5.41) is 2.45. The van der Waals surface area contributed by atoms with Crippen LogP contribution in [0.4, 0.5) is 33.3 Å². The molecule has 3 aromatic rings. The Morgan fingerprint density at radius 2 is 1.62 bits per heavy atom. The van der Waals surface area contributed by atoms with Crippen LogP contribution < -0.4 is 16.0 Å². The van der Waals surface area contributed by atoms with E-state index >= 15 is 4.39 Å². The van der Waals surface area contributed by atoms with Gasteiger partial charge in [0, 0.05) is 19.1 Å². The predicted molar refractivity (Wildman–Crippen MR) is 120 cm³/mol. The van der Waals surface area contributed by atoms with Crippen LogP contribution in [0.1, 0.15) is 23.7 Å². The average Bonchev–Trinajstić information content (AvgIpc) is 2.75. The molecule has 9 heteroatoms. The Bertz CT molecular complexity index is 1220. The second kappa shape index (κ2) is 9.42. The molecule has 0 radical (unpaired) electrons. The van der Waals surface area contributed by atoms with E-state index in [1.807, 2.05) is 11.8 Å². The minimum Gasteiger partial charge on any atom is -0.368 e. The van der Waals surface area contributed by atoms with Gasteiger partial charge < -0.3 is 16.0 Å². The first kappa shape index (κ1) is 23.7. The van der Waals surface area contributed by atoms with E-state index in [2.05, 4.69) is 5.32 Å². The summed E-state index contributed by atoms with van der Waals surface area (Å²) in [5.74, 6) is -6.45. The molecule has 0 aromatic heterocycles. The van der Waals surface area contributed by atoms with Gasteiger partial charge >= 0.3 is 0 Å². The quantitative estimate of drug-likeness (QED) is 0.492. The first-order valence-electron chi connectivity index (χ1n) is 10.7. The molecule has 0 unspecified atom stereocenters. The van der Waals surface area contributed by atoms with Crippen molar-refractivity contribution in [1.82, 2.24) is 0 Å². The molecule has 0 bridgehead atoms. The van der Waals surface area contributed by atoms with Gasteiger partial charge in [-0.3, -0.25) is 4.79 Å². The Morgan fingerprint density at radius 3 is 2.29 bits per heavy atom. The van der Waals surface area contributed by atoms with Gasteiger partial charge in [0.15, 0.2) is 0 Å². The lowest BCUT2D eigenvalue weighted by Crippen LogP contribution is -2.46. The summed E-state index contributed by atoms with van der Waals surface area (Å²) in [5.41, 5.74) is 4.08. The topological polar surface area (TPSA) is 58.4 Å². The monoisotopic (exact) mass is 475 g/mol. The van der Waals surface area contributed by atoms with E-state index in [0.29, 0.717) is 18.8 Å². The second-order valence-corrected chi connectivity index (χ2v) is 8.50. The fraction of sp³-hybridized carbons (Fsp3) is 0.240. The van der Waals surface area contributed by atoms with Crippen LogP contribution in [-0.4, -0.2) is 25.0 Å². The third-order valence-corrected chi connectivity index (χ3v) is 5.79. The van der Waals surface area contributed by atoms with E-state index in [9.17, 15) is 22.4 Å². The fourth-order valence-corrected chi connectivity index (χ4v) is 4.36. The molecule has 0 aliphatic carbocycles. The van der Waals surface area contributed by atoms with Crippen molar-refractivity contribution in [1.29, 1.82) is 0 Å². The molecule has 3 aromatic carbocycles. The van der Waals surface area contributed by atoms with Gasteiger partial charge in [0.05, 0.1) is 28.1 Å². The van der Waals surface area contributed by atoms with Crippen molar-refractivity contribution in [3.63, 3.8) is 0 Å². The zero-order valence-corrected chi connectivity index (χ0v) is 18.2. The number of rotatable bonds is 4. The number of nitrogens with two attached hydrogens (primary N) is 1. The summed E-state index contributed by atoms with van der Waals surface area (Å²) in [6.45, 7) is 3.11. The van der Waals surface area contributed by atoms with Gasteiger partial charge in [-0.05, 0) is 54.8 Å². The number of carbonyl (C=O) groups is 1. The molecule has 178 valence electrons. The highest BCUT2D eigenvalue weighted by atomic mass is 19.1. The van der Waals surface area contributed by atoms with E-state index in [1.165, 1.54) is 12.1 Å². The van der Waals surface area contributed by atoms with E-state index in [-0.39, 0.29) is 17.6 Å². The van der Waals surface area contributed by atoms with Gasteiger partial charge in [-0.15, -0.1) is 0 Å². The number of anilines is 2. The number of benzene rings is 3. The molecule has 4 nitrogen and oxygen atoms in total. The van der Waals surface area contributed by atoms with Crippen LogP contribution in [0, 0.1) is 35.0 Å². The highest BCUT2D eigenvalue weighted by Crippen LogP contribution is 2.34. The first-order valence-corrected chi connectivity index (χ1v) is 10.7. The average molecular weight is 475 g/mol. The van der Waals surface area contributed by atoms with Crippen molar-refractivity contribution in [2.45, 2.75) is 19.4 Å². The minimum absolute atomic E-state index is 0.0636. The van der Waals surface area contributed by atoms with Crippen LogP contribution in [0.25, 0.3) is 11.1 Å². The van der Waals surface area contributed by atoms with Crippen LogP contribution in [-0.2, 0) is 0 Å². The van der Waals surface area contributed by atoms with Crippen LogP contribution in [0.15, 0.2) is 48.5 Å². The molecule has 3 N–H and O–H groups in total. The van der Waals surface area contributed by atoms with Crippen LogP contribution in [0.5, 0.6) is 0 Å². The van der Waals surface area contributed by atoms with E-state index < -0.39 is 51.7 Å². The summed E-state index contributed by atoms with van der Waals surface area (Å²) in [7, 11) is 0. The second-order valence-electron chi connectivity index (χ2n) is 8.50. The molecular weight excluding hydrogens is 453 g/mol. The molecule has 1 amide bonds. The summed E-state index contributed by atoms with van der Waals surface area (Å²) >= 11 is 0. The first-order chi connectivity index (χ1) is 16.2. The van der Waals surface area contributed by atoms with Crippen molar-refractivity contribution < 1.29 is 26.7 Å². The van der Waals surface area contributed by atoms with E-state index in [1.54, 1.807) is 0 Å². The Morgan fingerprint density at radius 1 is 0.941 bits per heavy atom. The maximum absolute atomic E-state index is 15.2. The van der Waals surface area contributed by atoms with Crippen molar-refractivity contribution in [3.8, 4) is 11.1 Å². The molecule has 1 heterocycles. The van der Waals surface area contributed by atoms with Gasteiger partial charge in [0.25, 0.3) is 5.91 Å². The van der Waals surface area contributed by atoms with Gasteiger partial charge in [-0.25, -0.2) is 22.0 Å². The van der Waals surface area contributed by atoms with Crippen molar-refractivity contribution in [2.24, 2.45) is 11.7 Å². The van der Waals surface area contributed by atoms with Gasteiger partial charge in [-0.2, -0.15) is 0 Å². The molecule has 0 saturated carbocycles. The van der Waals surface area contributed by atoms with Gasteiger partial charge in [0.2, 0.25) is 0 Å². The molecule has 4 rings (SSSR count). The maximum Gasteiger partial charge on any atom is 0.258 e.